The third kappa shape index (κ3) is 5.46. The molecule has 2 fully saturated rings. The maximum Gasteiger partial charge on any atom is 0.242 e. The molecule has 0 aliphatic carbocycles. The number of hydrogen-bond donors (Lipinski definition) is 0. The van der Waals surface area contributed by atoms with Crippen LogP contribution in [0.3, 0.4) is 0 Å². The largest absolute Gasteiger partial charge is 0.375 e. The molecular formula is C23H32N4O2. The molecule has 6 heteroatoms. The van der Waals surface area contributed by atoms with Crippen LogP contribution in [-0.4, -0.2) is 63.6 Å². The van der Waals surface area contributed by atoms with Crippen molar-refractivity contribution < 1.29 is 9.53 Å². The molecule has 0 spiro atoms. The van der Waals surface area contributed by atoms with Crippen LogP contribution in [0.4, 0.5) is 0 Å². The van der Waals surface area contributed by atoms with E-state index in [-0.39, 0.29) is 5.91 Å². The van der Waals surface area contributed by atoms with Crippen LogP contribution in [0.1, 0.15) is 37.1 Å². The summed E-state index contributed by atoms with van der Waals surface area (Å²) in [5.74, 6) is 1.06. The van der Waals surface area contributed by atoms with Gasteiger partial charge < -0.3 is 14.2 Å². The van der Waals surface area contributed by atoms with Gasteiger partial charge in [-0.25, -0.2) is 4.98 Å². The summed E-state index contributed by atoms with van der Waals surface area (Å²) in [4.78, 5) is 21.2. The first-order valence-electron chi connectivity index (χ1n) is 10.8. The van der Waals surface area contributed by atoms with Crippen molar-refractivity contribution in [3.8, 4) is 0 Å². The molecule has 29 heavy (non-hydrogen) atoms. The van der Waals surface area contributed by atoms with Crippen LogP contribution in [0.25, 0.3) is 0 Å². The van der Waals surface area contributed by atoms with Crippen LogP contribution in [-0.2, 0) is 22.6 Å². The van der Waals surface area contributed by atoms with Crippen molar-refractivity contribution in [3.63, 3.8) is 0 Å². The number of carbonyl (C=O) groups excluding carboxylic acids is 1. The van der Waals surface area contributed by atoms with Gasteiger partial charge >= 0.3 is 0 Å². The fourth-order valence-corrected chi connectivity index (χ4v) is 4.38. The van der Waals surface area contributed by atoms with Gasteiger partial charge in [-0.15, -0.1) is 0 Å². The number of carbonyl (C=O) groups is 1. The number of piperidine rings is 2. The Morgan fingerprint density at radius 2 is 1.69 bits per heavy atom. The summed E-state index contributed by atoms with van der Waals surface area (Å²) in [7, 11) is 0. The number of benzene rings is 1. The molecular weight excluding hydrogens is 364 g/mol. The number of rotatable bonds is 6. The van der Waals surface area contributed by atoms with E-state index >= 15 is 0 Å². The average molecular weight is 397 g/mol. The van der Waals surface area contributed by atoms with Crippen molar-refractivity contribution in [1.82, 2.24) is 19.4 Å². The molecule has 2 aromatic rings. The van der Waals surface area contributed by atoms with Crippen molar-refractivity contribution in [1.29, 1.82) is 0 Å². The van der Waals surface area contributed by atoms with Gasteiger partial charge in [0.15, 0.2) is 0 Å². The van der Waals surface area contributed by atoms with E-state index in [1.54, 1.807) is 6.20 Å². The molecule has 1 aromatic heterocycles. The van der Waals surface area contributed by atoms with Gasteiger partial charge in [-0.2, -0.15) is 0 Å². The summed E-state index contributed by atoms with van der Waals surface area (Å²) in [6, 6.07) is 10.7. The molecule has 0 N–H and O–H groups in total. The lowest BCUT2D eigenvalue weighted by Gasteiger charge is -2.37. The quantitative estimate of drug-likeness (QED) is 0.753. The number of nitrogens with zero attached hydrogens (tertiary/aromatic N) is 4. The topological polar surface area (TPSA) is 50.6 Å². The number of hydrogen-bond acceptors (Lipinski definition) is 4. The van der Waals surface area contributed by atoms with Crippen LogP contribution in [0.15, 0.2) is 42.7 Å². The third-order valence-electron chi connectivity index (χ3n) is 6.19. The van der Waals surface area contributed by atoms with Gasteiger partial charge in [0.05, 0.1) is 12.2 Å². The predicted octanol–water partition coefficient (Wildman–Crippen LogP) is 2.86. The minimum atomic E-state index is 0.179. The first-order valence-corrected chi connectivity index (χ1v) is 10.8. The highest BCUT2D eigenvalue weighted by Gasteiger charge is 2.27. The van der Waals surface area contributed by atoms with Crippen molar-refractivity contribution in [2.45, 2.75) is 57.9 Å². The Kier molecular flexibility index (Phi) is 6.62. The van der Waals surface area contributed by atoms with Crippen molar-refractivity contribution in [2.24, 2.45) is 0 Å². The van der Waals surface area contributed by atoms with Crippen LogP contribution in [0.2, 0.25) is 0 Å². The molecule has 2 saturated heterocycles. The van der Waals surface area contributed by atoms with Gasteiger partial charge in [-0.05, 0) is 38.2 Å². The first-order chi connectivity index (χ1) is 14.2. The Balaban J connectivity index is 1.16. The summed E-state index contributed by atoms with van der Waals surface area (Å²) in [6.07, 6.45) is 8.36. The minimum Gasteiger partial charge on any atom is -0.375 e. The van der Waals surface area contributed by atoms with E-state index in [0.29, 0.717) is 18.8 Å². The molecule has 0 unspecified atom stereocenters. The predicted molar refractivity (Wildman–Crippen MR) is 112 cm³/mol. The minimum absolute atomic E-state index is 0.179. The number of likely N-dealkylation sites (tertiary alicyclic amines) is 2. The average Bonchev–Trinajstić information content (AvgIpc) is 3.15. The molecule has 156 valence electrons. The maximum absolute atomic E-state index is 12.5. The van der Waals surface area contributed by atoms with E-state index in [2.05, 4.69) is 40.2 Å². The SMILES string of the molecule is Cc1nccn1CC(=O)N1CCC(OC2CCN(Cc3ccccc3)CC2)CC1. The molecule has 4 rings (SSSR count). The molecule has 1 aromatic carbocycles. The summed E-state index contributed by atoms with van der Waals surface area (Å²) >= 11 is 0. The second-order valence-corrected chi connectivity index (χ2v) is 8.28. The summed E-state index contributed by atoms with van der Waals surface area (Å²) in [5, 5.41) is 0. The highest BCUT2D eigenvalue weighted by molar-refractivity contribution is 5.76. The van der Waals surface area contributed by atoms with E-state index in [0.717, 1.165) is 64.2 Å². The summed E-state index contributed by atoms with van der Waals surface area (Å²) < 4.78 is 8.31. The smallest absolute Gasteiger partial charge is 0.242 e. The van der Waals surface area contributed by atoms with Crippen molar-refractivity contribution in [3.05, 3.63) is 54.1 Å². The Bertz CT molecular complexity index is 775. The van der Waals surface area contributed by atoms with Crippen molar-refractivity contribution in [2.75, 3.05) is 26.2 Å². The molecule has 6 nitrogen and oxygen atoms in total. The fourth-order valence-electron chi connectivity index (χ4n) is 4.38. The van der Waals surface area contributed by atoms with Gasteiger partial charge in [-0.1, -0.05) is 30.3 Å². The first kappa shape index (κ1) is 20.1. The molecule has 0 radical (unpaired) electrons. The Labute approximate surface area is 173 Å². The van der Waals surface area contributed by atoms with E-state index in [9.17, 15) is 4.79 Å². The molecule has 3 heterocycles. The second-order valence-electron chi connectivity index (χ2n) is 8.28. The molecule has 0 saturated carbocycles. The zero-order valence-corrected chi connectivity index (χ0v) is 17.4. The fraction of sp³-hybridized carbons (Fsp3) is 0.565. The van der Waals surface area contributed by atoms with Gasteiger partial charge in [-0.3, -0.25) is 9.69 Å². The number of aromatic nitrogens is 2. The number of imidazole rings is 1. The highest BCUT2D eigenvalue weighted by atomic mass is 16.5. The zero-order chi connectivity index (χ0) is 20.1. The van der Waals surface area contributed by atoms with E-state index in [1.807, 2.05) is 22.6 Å². The Hall–Kier alpha value is -2.18. The Morgan fingerprint density at radius 3 is 2.31 bits per heavy atom. The molecule has 0 atom stereocenters. The normalized spacial score (nSPS) is 19.6. The summed E-state index contributed by atoms with van der Waals surface area (Å²) in [6.45, 7) is 7.14. The van der Waals surface area contributed by atoms with Crippen LogP contribution >= 0.6 is 0 Å². The monoisotopic (exact) mass is 396 g/mol. The van der Waals surface area contributed by atoms with Gasteiger partial charge in [0.2, 0.25) is 5.91 Å². The Morgan fingerprint density at radius 1 is 1.03 bits per heavy atom. The summed E-state index contributed by atoms with van der Waals surface area (Å²) in [5.41, 5.74) is 1.38. The lowest BCUT2D eigenvalue weighted by Crippen LogP contribution is -2.44. The maximum atomic E-state index is 12.5. The zero-order valence-electron chi connectivity index (χ0n) is 17.4. The van der Waals surface area contributed by atoms with E-state index < -0.39 is 0 Å². The molecule has 0 bridgehead atoms. The van der Waals surface area contributed by atoms with Gasteiger partial charge in [0, 0.05) is 45.1 Å². The third-order valence-corrected chi connectivity index (χ3v) is 6.19. The lowest BCUT2D eigenvalue weighted by atomic mass is 10.0. The standard InChI is InChI=1S/C23H32N4O2/c1-19-24-11-16-27(19)18-23(28)26-14-9-22(10-15-26)29-21-7-12-25(13-8-21)17-20-5-3-2-4-6-20/h2-6,11,16,21-22H,7-10,12-15,17-18H2,1H3. The molecule has 2 aliphatic heterocycles. The molecule has 1 amide bonds. The second kappa shape index (κ2) is 9.55. The van der Waals surface area contributed by atoms with Gasteiger partial charge in [0.25, 0.3) is 0 Å². The van der Waals surface area contributed by atoms with Crippen LogP contribution in [0, 0.1) is 6.92 Å². The van der Waals surface area contributed by atoms with Crippen molar-refractivity contribution >= 4 is 5.91 Å². The number of aryl methyl sites for hydroxylation is 1. The van der Waals surface area contributed by atoms with E-state index in [1.165, 1.54) is 5.56 Å². The van der Waals surface area contributed by atoms with Gasteiger partial charge in [0.1, 0.15) is 12.4 Å². The van der Waals surface area contributed by atoms with E-state index in [4.69, 9.17) is 4.74 Å². The highest BCUT2D eigenvalue weighted by Crippen LogP contribution is 2.22. The number of ether oxygens (including phenoxy) is 1. The number of amides is 1. The lowest BCUT2D eigenvalue weighted by molar-refractivity contribution is -0.135. The van der Waals surface area contributed by atoms with Crippen LogP contribution < -0.4 is 0 Å². The molecule has 2 aliphatic rings. The van der Waals surface area contributed by atoms with Crippen LogP contribution in [0.5, 0.6) is 0 Å².